The molecule has 3 rings (SSSR count). The zero-order chi connectivity index (χ0) is 15.2. The van der Waals surface area contributed by atoms with E-state index < -0.39 is 0 Å². The Bertz CT molecular complexity index is 762. The molecule has 1 aliphatic rings. The standard InChI is InChI=1S/C21H18O/c22-21-14-13-18(15-17-9-5-4-6-10-17)16-20(21)19-11-7-2-1-3-8-12-19/h1-14,16,22H,15H2/b2-1-,3-1?,7-2?,8-3-,11-7-,12-8?,19-11?,19-12+. The molecule has 108 valence electrons. The molecular formula is C21H18O. The van der Waals surface area contributed by atoms with Crippen molar-refractivity contribution < 1.29 is 5.11 Å². The first-order valence-electron chi connectivity index (χ1n) is 7.41. The second kappa shape index (κ2) is 6.77. The first-order valence-corrected chi connectivity index (χ1v) is 7.41. The Kier molecular flexibility index (Phi) is 4.35. The van der Waals surface area contributed by atoms with E-state index >= 15 is 0 Å². The highest BCUT2D eigenvalue weighted by molar-refractivity contribution is 5.79. The van der Waals surface area contributed by atoms with Gasteiger partial charge in [-0.3, -0.25) is 0 Å². The van der Waals surface area contributed by atoms with E-state index in [4.69, 9.17) is 0 Å². The molecular weight excluding hydrogens is 268 g/mol. The van der Waals surface area contributed by atoms with Crippen molar-refractivity contribution in [2.75, 3.05) is 0 Å². The Balaban J connectivity index is 1.93. The van der Waals surface area contributed by atoms with E-state index in [1.165, 1.54) is 11.1 Å². The second-order valence-corrected chi connectivity index (χ2v) is 5.26. The molecule has 0 fully saturated rings. The van der Waals surface area contributed by atoms with Crippen molar-refractivity contribution in [3.63, 3.8) is 0 Å². The molecule has 2 aromatic carbocycles. The molecule has 0 bridgehead atoms. The lowest BCUT2D eigenvalue weighted by molar-refractivity contribution is 0.473. The fourth-order valence-corrected chi connectivity index (χ4v) is 2.50. The number of benzene rings is 2. The zero-order valence-electron chi connectivity index (χ0n) is 12.3. The third-order valence-corrected chi connectivity index (χ3v) is 3.62. The summed E-state index contributed by atoms with van der Waals surface area (Å²) in [5, 5.41) is 10.2. The van der Waals surface area contributed by atoms with E-state index in [1.54, 1.807) is 6.07 Å². The maximum absolute atomic E-state index is 10.2. The van der Waals surface area contributed by atoms with E-state index in [-0.39, 0.29) is 0 Å². The fourth-order valence-electron chi connectivity index (χ4n) is 2.50. The van der Waals surface area contributed by atoms with Crippen LogP contribution in [-0.2, 0) is 6.42 Å². The average Bonchev–Trinajstić information content (AvgIpc) is 2.50. The minimum Gasteiger partial charge on any atom is -0.507 e. The van der Waals surface area contributed by atoms with Crippen LogP contribution in [0.5, 0.6) is 5.75 Å². The summed E-state index contributed by atoms with van der Waals surface area (Å²) in [5.41, 5.74) is 4.33. The summed E-state index contributed by atoms with van der Waals surface area (Å²) in [5.74, 6) is 0.311. The first-order chi connectivity index (χ1) is 10.8. The minimum absolute atomic E-state index is 0.311. The van der Waals surface area contributed by atoms with Crippen LogP contribution in [0.2, 0.25) is 0 Å². The molecule has 1 N–H and O–H groups in total. The molecule has 0 aromatic heterocycles. The molecule has 0 amide bonds. The van der Waals surface area contributed by atoms with Crippen LogP contribution in [0, 0.1) is 0 Å². The molecule has 0 atom stereocenters. The Morgan fingerprint density at radius 2 is 1.50 bits per heavy atom. The van der Waals surface area contributed by atoms with Crippen molar-refractivity contribution in [2.45, 2.75) is 6.42 Å². The van der Waals surface area contributed by atoms with Crippen LogP contribution in [0.3, 0.4) is 0 Å². The van der Waals surface area contributed by atoms with Gasteiger partial charge in [0, 0.05) is 5.56 Å². The zero-order valence-corrected chi connectivity index (χ0v) is 12.3. The molecule has 0 unspecified atom stereocenters. The van der Waals surface area contributed by atoms with Crippen LogP contribution in [0.4, 0.5) is 0 Å². The molecule has 1 heteroatoms. The van der Waals surface area contributed by atoms with E-state index in [9.17, 15) is 5.11 Å². The topological polar surface area (TPSA) is 20.2 Å². The smallest absolute Gasteiger partial charge is 0.123 e. The highest BCUT2D eigenvalue weighted by Gasteiger charge is 2.07. The van der Waals surface area contributed by atoms with Crippen molar-refractivity contribution in [3.05, 3.63) is 108 Å². The predicted octanol–water partition coefficient (Wildman–Crippen LogP) is 5.05. The maximum atomic E-state index is 10.2. The van der Waals surface area contributed by atoms with Crippen LogP contribution < -0.4 is 0 Å². The number of phenols is 1. The lowest BCUT2D eigenvalue weighted by Crippen LogP contribution is -1.91. The SMILES string of the molecule is Oc1ccc(Cc2ccccc2)cc1C1=C/C=C\C=C/C=C\1. The molecule has 0 spiro atoms. The van der Waals surface area contributed by atoms with Gasteiger partial charge >= 0.3 is 0 Å². The second-order valence-electron chi connectivity index (χ2n) is 5.26. The van der Waals surface area contributed by atoms with Gasteiger partial charge in [0.2, 0.25) is 0 Å². The van der Waals surface area contributed by atoms with Gasteiger partial charge in [0.25, 0.3) is 0 Å². The number of allylic oxidation sites excluding steroid dienone is 8. The van der Waals surface area contributed by atoms with Crippen molar-refractivity contribution in [2.24, 2.45) is 0 Å². The normalized spacial score (nSPS) is 20.3. The molecule has 1 nitrogen and oxygen atoms in total. The number of hydrogen-bond donors (Lipinski definition) is 1. The molecule has 0 aliphatic heterocycles. The third-order valence-electron chi connectivity index (χ3n) is 3.62. The van der Waals surface area contributed by atoms with Gasteiger partial charge in [-0.25, -0.2) is 0 Å². The maximum Gasteiger partial charge on any atom is 0.123 e. The summed E-state index contributed by atoms with van der Waals surface area (Å²) in [6.45, 7) is 0. The Hall–Kier alpha value is -2.80. The highest BCUT2D eigenvalue weighted by atomic mass is 16.3. The molecule has 0 saturated carbocycles. The van der Waals surface area contributed by atoms with Crippen LogP contribution in [0.1, 0.15) is 16.7 Å². The number of hydrogen-bond acceptors (Lipinski definition) is 1. The van der Waals surface area contributed by atoms with Gasteiger partial charge < -0.3 is 5.11 Å². The van der Waals surface area contributed by atoms with Gasteiger partial charge in [-0.15, -0.1) is 0 Å². The Labute approximate surface area is 131 Å². The van der Waals surface area contributed by atoms with Gasteiger partial charge in [0.1, 0.15) is 5.75 Å². The van der Waals surface area contributed by atoms with Gasteiger partial charge in [-0.1, -0.05) is 78.9 Å². The predicted molar refractivity (Wildman–Crippen MR) is 92.8 cm³/mol. The van der Waals surface area contributed by atoms with Crippen LogP contribution >= 0.6 is 0 Å². The third kappa shape index (κ3) is 3.44. The van der Waals surface area contributed by atoms with Gasteiger partial charge in [-0.05, 0) is 35.3 Å². The largest absolute Gasteiger partial charge is 0.507 e. The summed E-state index contributed by atoms with van der Waals surface area (Å²) in [7, 11) is 0. The Morgan fingerprint density at radius 3 is 2.36 bits per heavy atom. The van der Waals surface area contributed by atoms with Crippen LogP contribution in [-0.4, -0.2) is 5.11 Å². The lowest BCUT2D eigenvalue weighted by Gasteiger charge is -2.09. The summed E-state index contributed by atoms with van der Waals surface area (Å²) >= 11 is 0. The van der Waals surface area contributed by atoms with E-state index in [2.05, 4.69) is 18.2 Å². The summed E-state index contributed by atoms with van der Waals surface area (Å²) in [6, 6.07) is 16.2. The van der Waals surface area contributed by atoms with Gasteiger partial charge in [-0.2, -0.15) is 0 Å². The molecule has 1 aliphatic carbocycles. The molecule has 22 heavy (non-hydrogen) atoms. The highest BCUT2D eigenvalue weighted by Crippen LogP contribution is 2.28. The number of rotatable bonds is 3. The van der Waals surface area contributed by atoms with Gasteiger partial charge in [0.15, 0.2) is 0 Å². The fraction of sp³-hybridized carbons (Fsp3) is 0.0476. The summed E-state index contributed by atoms with van der Waals surface area (Å²) in [6.07, 6.45) is 14.8. The monoisotopic (exact) mass is 286 g/mol. The lowest BCUT2D eigenvalue weighted by atomic mass is 9.97. The van der Waals surface area contributed by atoms with Crippen LogP contribution in [0.15, 0.2) is 91.1 Å². The van der Waals surface area contributed by atoms with E-state index in [0.29, 0.717) is 5.75 Å². The average molecular weight is 286 g/mol. The van der Waals surface area contributed by atoms with Crippen molar-refractivity contribution in [1.82, 2.24) is 0 Å². The molecule has 0 heterocycles. The number of phenolic OH excluding ortho intramolecular Hbond substituents is 1. The summed E-state index contributed by atoms with van der Waals surface area (Å²) in [4.78, 5) is 0. The molecule has 0 saturated heterocycles. The molecule has 0 radical (unpaired) electrons. The Morgan fingerprint density at radius 1 is 0.727 bits per heavy atom. The van der Waals surface area contributed by atoms with Crippen LogP contribution in [0.25, 0.3) is 5.57 Å². The van der Waals surface area contributed by atoms with Gasteiger partial charge in [0.05, 0.1) is 0 Å². The number of aromatic hydroxyl groups is 1. The quantitative estimate of drug-likeness (QED) is 0.837. The van der Waals surface area contributed by atoms with Crippen molar-refractivity contribution in [1.29, 1.82) is 0 Å². The van der Waals surface area contributed by atoms with Crippen molar-refractivity contribution >= 4 is 5.57 Å². The first kappa shape index (κ1) is 14.2. The van der Waals surface area contributed by atoms with E-state index in [1.807, 2.05) is 66.8 Å². The van der Waals surface area contributed by atoms with E-state index in [0.717, 1.165) is 17.6 Å². The minimum atomic E-state index is 0.311. The molecule has 2 aromatic rings. The summed E-state index contributed by atoms with van der Waals surface area (Å²) < 4.78 is 0. The van der Waals surface area contributed by atoms with Crippen molar-refractivity contribution in [3.8, 4) is 5.75 Å².